The minimum absolute atomic E-state index is 0.161. The lowest BCUT2D eigenvalue weighted by atomic mass is 9.93. The van der Waals surface area contributed by atoms with Gasteiger partial charge in [-0.15, -0.1) is 0 Å². The zero-order valence-corrected chi connectivity index (χ0v) is 12.9. The molecule has 2 aliphatic heterocycles. The second kappa shape index (κ2) is 4.72. The van der Waals surface area contributed by atoms with Crippen LogP contribution in [0.15, 0.2) is 16.6 Å². The number of halogens is 1. The third-order valence-electron chi connectivity index (χ3n) is 4.18. The molecule has 2 aliphatic rings. The molecule has 1 unspecified atom stereocenters. The summed E-state index contributed by atoms with van der Waals surface area (Å²) in [5, 5.41) is 12.8. The normalized spacial score (nSPS) is 24.5. The Bertz CT molecular complexity index is 564. The number of nitrogens with zero attached hydrogens (tertiary/aromatic N) is 1. The van der Waals surface area contributed by atoms with Crippen LogP contribution in [0.2, 0.25) is 0 Å². The van der Waals surface area contributed by atoms with E-state index in [2.05, 4.69) is 26.1 Å². The molecule has 20 heavy (non-hydrogen) atoms. The van der Waals surface area contributed by atoms with Gasteiger partial charge in [-0.25, -0.2) is 0 Å². The summed E-state index contributed by atoms with van der Waals surface area (Å²) in [6, 6.07) is 3.29. The van der Waals surface area contributed by atoms with Crippen molar-refractivity contribution >= 4 is 33.2 Å². The van der Waals surface area contributed by atoms with E-state index in [0.717, 1.165) is 47.3 Å². The van der Waals surface area contributed by atoms with Gasteiger partial charge in [-0.3, -0.25) is 4.79 Å². The number of rotatable bonds is 1. The van der Waals surface area contributed by atoms with Crippen molar-refractivity contribution in [2.75, 3.05) is 23.3 Å². The number of benzene rings is 1. The Kier molecular flexibility index (Phi) is 3.27. The summed E-state index contributed by atoms with van der Waals surface area (Å²) in [4.78, 5) is 13.8. The Morgan fingerprint density at radius 2 is 2.10 bits per heavy atom. The van der Waals surface area contributed by atoms with Crippen LogP contribution in [0.5, 0.6) is 0 Å². The molecule has 1 amide bonds. The molecule has 1 aromatic carbocycles. The lowest BCUT2D eigenvalue weighted by Crippen LogP contribution is -2.42. The Balaban J connectivity index is 1.89. The first-order valence-electron chi connectivity index (χ1n) is 6.75. The van der Waals surface area contributed by atoms with E-state index in [1.54, 1.807) is 0 Å². The standard InChI is InChI=1S/C14H18BrN3O2/c1-14(20)2-4-18(5-3-14)11-7-10-8(6-9(11)15)12(16)13(19)17-10/h6-7,12,20H,2-5,16H2,1H3,(H,17,19). The monoisotopic (exact) mass is 339 g/mol. The Hall–Kier alpha value is -1.11. The van der Waals surface area contributed by atoms with Gasteiger partial charge in [0, 0.05) is 28.8 Å². The van der Waals surface area contributed by atoms with Gasteiger partial charge >= 0.3 is 0 Å². The minimum Gasteiger partial charge on any atom is -0.390 e. The average Bonchev–Trinajstić information content (AvgIpc) is 2.65. The molecule has 108 valence electrons. The number of hydrogen-bond donors (Lipinski definition) is 3. The summed E-state index contributed by atoms with van der Waals surface area (Å²) in [7, 11) is 0. The third kappa shape index (κ3) is 2.32. The van der Waals surface area contributed by atoms with Crippen molar-refractivity contribution < 1.29 is 9.90 Å². The summed E-state index contributed by atoms with van der Waals surface area (Å²) in [5.74, 6) is -0.161. The predicted octanol–water partition coefficient (Wildman–Crippen LogP) is 1.75. The number of piperidine rings is 1. The third-order valence-corrected chi connectivity index (χ3v) is 4.81. The van der Waals surface area contributed by atoms with E-state index in [0.29, 0.717) is 0 Å². The van der Waals surface area contributed by atoms with Crippen molar-refractivity contribution in [1.29, 1.82) is 0 Å². The smallest absolute Gasteiger partial charge is 0.245 e. The molecule has 1 saturated heterocycles. The van der Waals surface area contributed by atoms with Crippen molar-refractivity contribution in [3.8, 4) is 0 Å². The van der Waals surface area contributed by atoms with E-state index in [-0.39, 0.29) is 5.91 Å². The lowest BCUT2D eigenvalue weighted by Gasteiger charge is -2.37. The Labute approximate surface area is 126 Å². The van der Waals surface area contributed by atoms with Crippen molar-refractivity contribution in [2.45, 2.75) is 31.4 Å². The van der Waals surface area contributed by atoms with Crippen LogP contribution < -0.4 is 16.0 Å². The molecule has 6 heteroatoms. The first kappa shape index (κ1) is 13.9. The highest BCUT2D eigenvalue weighted by molar-refractivity contribution is 9.10. The molecular formula is C14H18BrN3O2. The van der Waals surface area contributed by atoms with Crippen LogP contribution in [0.25, 0.3) is 0 Å². The molecule has 1 aromatic rings. The fraction of sp³-hybridized carbons (Fsp3) is 0.500. The van der Waals surface area contributed by atoms with E-state index in [9.17, 15) is 9.90 Å². The molecule has 0 bridgehead atoms. The van der Waals surface area contributed by atoms with Gasteiger partial charge in [0.15, 0.2) is 0 Å². The predicted molar refractivity (Wildman–Crippen MR) is 81.8 cm³/mol. The van der Waals surface area contributed by atoms with Crippen LogP contribution in [0.1, 0.15) is 31.4 Å². The van der Waals surface area contributed by atoms with Gasteiger partial charge in [0.05, 0.1) is 11.3 Å². The van der Waals surface area contributed by atoms with Crippen LogP contribution in [0, 0.1) is 0 Å². The van der Waals surface area contributed by atoms with Gasteiger partial charge in [-0.2, -0.15) is 0 Å². The maximum Gasteiger partial charge on any atom is 0.245 e. The van der Waals surface area contributed by atoms with Crippen molar-refractivity contribution in [3.05, 3.63) is 22.2 Å². The molecule has 1 atom stereocenters. The highest BCUT2D eigenvalue weighted by atomic mass is 79.9. The fourth-order valence-electron chi connectivity index (χ4n) is 2.77. The summed E-state index contributed by atoms with van der Waals surface area (Å²) in [6.45, 7) is 3.47. The Morgan fingerprint density at radius 3 is 2.75 bits per heavy atom. The van der Waals surface area contributed by atoms with Gasteiger partial charge in [0.1, 0.15) is 6.04 Å². The first-order valence-corrected chi connectivity index (χ1v) is 7.54. The van der Waals surface area contributed by atoms with Crippen molar-refractivity contribution in [2.24, 2.45) is 5.73 Å². The fourth-order valence-corrected chi connectivity index (χ4v) is 3.38. The quantitative estimate of drug-likeness (QED) is 0.728. The highest BCUT2D eigenvalue weighted by Gasteiger charge is 2.31. The van der Waals surface area contributed by atoms with E-state index in [1.807, 2.05) is 19.1 Å². The number of carbonyl (C=O) groups is 1. The zero-order valence-electron chi connectivity index (χ0n) is 11.3. The molecule has 1 fully saturated rings. The topological polar surface area (TPSA) is 78.6 Å². The van der Waals surface area contributed by atoms with Gasteiger partial charge in [-0.05, 0) is 47.8 Å². The van der Waals surface area contributed by atoms with Gasteiger partial charge in [-0.1, -0.05) is 0 Å². The summed E-state index contributed by atoms with van der Waals surface area (Å²) in [6.07, 6.45) is 1.48. The number of amides is 1. The summed E-state index contributed by atoms with van der Waals surface area (Å²) < 4.78 is 0.935. The number of nitrogens with two attached hydrogens (primary N) is 1. The van der Waals surface area contributed by atoms with E-state index in [4.69, 9.17) is 5.73 Å². The number of hydrogen-bond acceptors (Lipinski definition) is 4. The van der Waals surface area contributed by atoms with Crippen LogP contribution in [-0.4, -0.2) is 29.7 Å². The number of aliphatic hydroxyl groups is 1. The molecule has 0 aliphatic carbocycles. The zero-order chi connectivity index (χ0) is 14.5. The largest absolute Gasteiger partial charge is 0.390 e. The molecular weight excluding hydrogens is 322 g/mol. The van der Waals surface area contributed by atoms with Crippen LogP contribution in [0.3, 0.4) is 0 Å². The minimum atomic E-state index is -0.586. The maximum absolute atomic E-state index is 11.6. The van der Waals surface area contributed by atoms with Crippen LogP contribution in [0.4, 0.5) is 11.4 Å². The maximum atomic E-state index is 11.6. The van der Waals surface area contributed by atoms with E-state index in [1.165, 1.54) is 0 Å². The summed E-state index contributed by atoms with van der Waals surface area (Å²) >= 11 is 3.56. The van der Waals surface area contributed by atoms with Crippen molar-refractivity contribution in [3.63, 3.8) is 0 Å². The number of anilines is 2. The number of carbonyl (C=O) groups excluding carboxylic acids is 1. The van der Waals surface area contributed by atoms with Gasteiger partial charge in [0.25, 0.3) is 0 Å². The lowest BCUT2D eigenvalue weighted by molar-refractivity contribution is -0.116. The first-order chi connectivity index (χ1) is 9.37. The van der Waals surface area contributed by atoms with Crippen LogP contribution in [-0.2, 0) is 4.79 Å². The average molecular weight is 340 g/mol. The van der Waals surface area contributed by atoms with Gasteiger partial charge in [0.2, 0.25) is 5.91 Å². The molecule has 4 N–H and O–H groups in total. The second-order valence-electron chi connectivity index (χ2n) is 5.84. The molecule has 0 radical (unpaired) electrons. The van der Waals surface area contributed by atoms with E-state index >= 15 is 0 Å². The van der Waals surface area contributed by atoms with E-state index < -0.39 is 11.6 Å². The molecule has 3 rings (SSSR count). The molecule has 5 nitrogen and oxygen atoms in total. The Morgan fingerprint density at radius 1 is 1.45 bits per heavy atom. The van der Waals surface area contributed by atoms with Crippen molar-refractivity contribution in [1.82, 2.24) is 0 Å². The van der Waals surface area contributed by atoms with Crippen LogP contribution >= 0.6 is 15.9 Å². The number of fused-ring (bicyclic) bond motifs is 1. The summed E-state index contributed by atoms with van der Waals surface area (Å²) in [5.41, 5.74) is 7.92. The molecule has 0 aromatic heterocycles. The molecule has 0 saturated carbocycles. The highest BCUT2D eigenvalue weighted by Crippen LogP contribution is 2.39. The van der Waals surface area contributed by atoms with Gasteiger partial charge < -0.3 is 21.1 Å². The second-order valence-corrected chi connectivity index (χ2v) is 6.70. The molecule has 2 heterocycles. The molecule has 0 spiro atoms. The number of nitrogens with one attached hydrogen (secondary N) is 1. The SMILES string of the molecule is CC1(O)CCN(c2cc3c(cc2Br)C(N)C(=O)N3)CC1.